The number of aromatic amines is 1. The van der Waals surface area contributed by atoms with Crippen molar-refractivity contribution in [1.29, 1.82) is 0 Å². The summed E-state index contributed by atoms with van der Waals surface area (Å²) in [6.45, 7) is 0. The van der Waals surface area contributed by atoms with Crippen LogP contribution in [0.3, 0.4) is 0 Å². The monoisotopic (exact) mass is 338 g/mol. The molecule has 0 saturated heterocycles. The van der Waals surface area contributed by atoms with E-state index in [0.29, 0.717) is 17.1 Å². The Morgan fingerprint density at radius 2 is 1.64 bits per heavy atom. The highest BCUT2D eigenvalue weighted by Gasteiger charge is 2.11. The van der Waals surface area contributed by atoms with Crippen molar-refractivity contribution in [1.82, 2.24) is 9.97 Å². The van der Waals surface area contributed by atoms with Crippen LogP contribution in [0, 0.1) is 0 Å². The zero-order valence-electron chi connectivity index (χ0n) is 13.2. The van der Waals surface area contributed by atoms with E-state index in [-0.39, 0.29) is 17.3 Å². The van der Waals surface area contributed by atoms with E-state index < -0.39 is 11.5 Å². The highest BCUT2D eigenvalue weighted by molar-refractivity contribution is 5.87. The Kier molecular flexibility index (Phi) is 4.47. The Hall–Kier alpha value is -3.61. The Labute approximate surface area is 142 Å². The quantitative estimate of drug-likeness (QED) is 0.709. The fourth-order valence-corrected chi connectivity index (χ4v) is 2.13. The topological polar surface area (TPSA) is 102 Å². The number of nitrogens with zero attached hydrogens (tertiary/aromatic N) is 1. The molecule has 126 valence electrons. The molecule has 3 rings (SSSR count). The highest BCUT2D eigenvalue weighted by atomic mass is 16.5. The fourth-order valence-electron chi connectivity index (χ4n) is 2.13. The number of benzene rings is 2. The van der Waals surface area contributed by atoms with Crippen LogP contribution in [-0.2, 0) is 4.74 Å². The second-order valence-electron chi connectivity index (χ2n) is 5.09. The smallest absolute Gasteiger partial charge is 0.356 e. The van der Waals surface area contributed by atoms with E-state index in [1.165, 1.54) is 19.2 Å². The first-order chi connectivity index (χ1) is 12.0. The van der Waals surface area contributed by atoms with Crippen molar-refractivity contribution in [3.63, 3.8) is 0 Å². The summed E-state index contributed by atoms with van der Waals surface area (Å²) >= 11 is 0. The molecule has 2 N–H and O–H groups in total. The summed E-state index contributed by atoms with van der Waals surface area (Å²) < 4.78 is 10.2. The molecule has 25 heavy (non-hydrogen) atoms. The van der Waals surface area contributed by atoms with E-state index in [2.05, 4.69) is 14.7 Å². The van der Waals surface area contributed by atoms with Crippen LogP contribution in [0.2, 0.25) is 0 Å². The molecule has 3 aromatic rings. The van der Waals surface area contributed by atoms with Gasteiger partial charge in [-0.1, -0.05) is 0 Å². The molecule has 0 bridgehead atoms. The van der Waals surface area contributed by atoms with Crippen molar-refractivity contribution in [3.05, 3.63) is 70.6 Å². The first kappa shape index (κ1) is 16.3. The van der Waals surface area contributed by atoms with Crippen LogP contribution in [0.15, 0.2) is 59.4 Å². The van der Waals surface area contributed by atoms with Crippen LogP contribution < -0.4 is 10.3 Å². The number of nitrogens with one attached hydrogen (secondary N) is 1. The number of rotatable bonds is 4. The third kappa shape index (κ3) is 3.84. The zero-order valence-corrected chi connectivity index (χ0v) is 13.2. The van der Waals surface area contributed by atoms with Crippen molar-refractivity contribution in [2.24, 2.45) is 0 Å². The summed E-state index contributed by atoms with van der Waals surface area (Å²) in [6, 6.07) is 14.2. The second-order valence-corrected chi connectivity index (χ2v) is 5.09. The maximum atomic E-state index is 11.7. The number of carbonyl (C=O) groups excluding carboxylic acids is 1. The van der Waals surface area contributed by atoms with Gasteiger partial charge >= 0.3 is 5.97 Å². The molecule has 0 aliphatic rings. The Bertz CT molecular complexity index is 946. The lowest BCUT2D eigenvalue weighted by atomic mass is 10.2. The standard InChI is InChI=1S/C18H14N2O5/c1-24-18(23)15-10-16(22)20-17(19-15)11-2-6-13(7-3-11)25-14-8-4-12(21)5-9-14/h2-10,21H,1H3,(H,19,20,22). The molecule has 0 spiro atoms. The summed E-state index contributed by atoms with van der Waals surface area (Å²) in [7, 11) is 1.22. The van der Waals surface area contributed by atoms with E-state index in [1.807, 2.05) is 0 Å². The van der Waals surface area contributed by atoms with Gasteiger partial charge in [0.25, 0.3) is 5.56 Å². The molecule has 2 aromatic carbocycles. The first-order valence-corrected chi connectivity index (χ1v) is 7.32. The minimum atomic E-state index is -0.681. The normalized spacial score (nSPS) is 10.3. The van der Waals surface area contributed by atoms with Crippen LogP contribution in [0.1, 0.15) is 10.5 Å². The first-order valence-electron chi connectivity index (χ1n) is 7.32. The molecule has 0 aliphatic carbocycles. The number of hydrogen-bond acceptors (Lipinski definition) is 6. The molecule has 0 radical (unpaired) electrons. The highest BCUT2D eigenvalue weighted by Crippen LogP contribution is 2.25. The number of hydrogen-bond donors (Lipinski definition) is 2. The van der Waals surface area contributed by atoms with Gasteiger partial charge in [0.2, 0.25) is 0 Å². The van der Waals surface area contributed by atoms with Crippen molar-refractivity contribution in [3.8, 4) is 28.6 Å². The zero-order chi connectivity index (χ0) is 17.8. The summed E-state index contributed by atoms with van der Waals surface area (Å²) in [6.07, 6.45) is 0. The molecule has 0 unspecified atom stereocenters. The molecule has 0 aliphatic heterocycles. The Morgan fingerprint density at radius 1 is 1.04 bits per heavy atom. The van der Waals surface area contributed by atoms with Gasteiger partial charge in [-0.3, -0.25) is 4.79 Å². The third-order valence-corrected chi connectivity index (χ3v) is 3.34. The van der Waals surface area contributed by atoms with E-state index >= 15 is 0 Å². The number of phenols is 1. The van der Waals surface area contributed by atoms with Crippen molar-refractivity contribution < 1.29 is 19.4 Å². The second kappa shape index (κ2) is 6.88. The average molecular weight is 338 g/mol. The van der Waals surface area contributed by atoms with Crippen molar-refractivity contribution >= 4 is 5.97 Å². The van der Waals surface area contributed by atoms with Gasteiger partial charge in [0.15, 0.2) is 5.69 Å². The van der Waals surface area contributed by atoms with Gasteiger partial charge in [0, 0.05) is 11.6 Å². The van der Waals surface area contributed by atoms with Gasteiger partial charge < -0.3 is 19.6 Å². The molecule has 1 heterocycles. The number of ether oxygens (including phenoxy) is 2. The maximum Gasteiger partial charge on any atom is 0.356 e. The number of aromatic nitrogens is 2. The van der Waals surface area contributed by atoms with E-state index in [1.54, 1.807) is 36.4 Å². The summed E-state index contributed by atoms with van der Waals surface area (Å²) in [5.74, 6) is 0.873. The Balaban J connectivity index is 1.85. The van der Waals surface area contributed by atoms with E-state index in [0.717, 1.165) is 6.07 Å². The molecule has 0 saturated carbocycles. The molecule has 7 nitrogen and oxygen atoms in total. The van der Waals surface area contributed by atoms with Crippen LogP contribution in [-0.4, -0.2) is 28.2 Å². The van der Waals surface area contributed by atoms with Crippen molar-refractivity contribution in [2.75, 3.05) is 7.11 Å². The number of methoxy groups -OCH3 is 1. The number of aromatic hydroxyl groups is 1. The molecular formula is C18H14N2O5. The predicted molar refractivity (Wildman–Crippen MR) is 89.8 cm³/mol. The third-order valence-electron chi connectivity index (χ3n) is 3.34. The van der Waals surface area contributed by atoms with Gasteiger partial charge in [-0.05, 0) is 48.5 Å². The lowest BCUT2D eigenvalue weighted by Crippen LogP contribution is -2.14. The molecule has 1 aromatic heterocycles. The lowest BCUT2D eigenvalue weighted by Gasteiger charge is -2.07. The number of phenolic OH excluding ortho intramolecular Hbond substituents is 1. The number of carbonyl (C=O) groups is 1. The summed E-state index contributed by atoms with van der Waals surface area (Å²) in [5.41, 5.74) is 0.0985. The Morgan fingerprint density at radius 3 is 2.24 bits per heavy atom. The van der Waals surface area contributed by atoms with Gasteiger partial charge in [0.05, 0.1) is 7.11 Å². The fraction of sp³-hybridized carbons (Fsp3) is 0.0556. The van der Waals surface area contributed by atoms with E-state index in [9.17, 15) is 14.7 Å². The van der Waals surface area contributed by atoms with Gasteiger partial charge in [-0.2, -0.15) is 0 Å². The lowest BCUT2D eigenvalue weighted by molar-refractivity contribution is 0.0593. The van der Waals surface area contributed by atoms with Crippen LogP contribution in [0.25, 0.3) is 11.4 Å². The molecule has 0 amide bonds. The SMILES string of the molecule is COC(=O)c1cc(=O)[nH]c(-c2ccc(Oc3ccc(O)cc3)cc2)n1. The average Bonchev–Trinajstić information content (AvgIpc) is 2.63. The summed E-state index contributed by atoms with van der Waals surface area (Å²) in [5, 5.41) is 9.26. The molecule has 7 heteroatoms. The van der Waals surface area contributed by atoms with Gasteiger partial charge in [-0.25, -0.2) is 9.78 Å². The van der Waals surface area contributed by atoms with E-state index in [4.69, 9.17) is 4.74 Å². The molecule has 0 atom stereocenters. The molecule has 0 fully saturated rings. The van der Waals surface area contributed by atoms with Gasteiger partial charge in [0.1, 0.15) is 23.1 Å². The summed E-state index contributed by atoms with van der Waals surface area (Å²) in [4.78, 5) is 29.9. The van der Waals surface area contributed by atoms with Crippen LogP contribution >= 0.6 is 0 Å². The largest absolute Gasteiger partial charge is 0.508 e. The predicted octanol–water partition coefficient (Wildman–Crippen LogP) is 2.72. The number of esters is 1. The number of H-pyrrole nitrogens is 1. The van der Waals surface area contributed by atoms with Crippen molar-refractivity contribution in [2.45, 2.75) is 0 Å². The van der Waals surface area contributed by atoms with Gasteiger partial charge in [-0.15, -0.1) is 0 Å². The molecular weight excluding hydrogens is 324 g/mol. The van der Waals surface area contributed by atoms with Crippen LogP contribution in [0.5, 0.6) is 17.2 Å². The maximum absolute atomic E-state index is 11.7. The minimum Gasteiger partial charge on any atom is -0.508 e. The minimum absolute atomic E-state index is 0.0642. The van der Waals surface area contributed by atoms with Crippen LogP contribution in [0.4, 0.5) is 0 Å².